The molecule has 0 aromatic heterocycles. The van der Waals surface area contributed by atoms with E-state index in [1.165, 1.54) is 20.7 Å². The zero-order chi connectivity index (χ0) is 24.8. The molecule has 0 radical (unpaired) electrons. The number of benzene rings is 5. The fourth-order valence-electron chi connectivity index (χ4n) is 4.71. The SMILES string of the molecule is C[Si](O[Si](C)(c1ccccc1)c1ccc(Oc2ccccc2)cc1)(c1ccccc1)c1ccccc1. The van der Waals surface area contributed by atoms with E-state index >= 15 is 0 Å². The van der Waals surface area contributed by atoms with Crippen LogP contribution in [0.15, 0.2) is 146 Å². The minimum Gasteiger partial charge on any atom is -0.457 e. The minimum atomic E-state index is -2.61. The van der Waals surface area contributed by atoms with Gasteiger partial charge < -0.3 is 8.85 Å². The molecule has 0 bridgehead atoms. The third-order valence-electron chi connectivity index (χ3n) is 6.77. The van der Waals surface area contributed by atoms with Crippen LogP contribution in [0.25, 0.3) is 0 Å². The van der Waals surface area contributed by atoms with Crippen molar-refractivity contribution >= 4 is 37.4 Å². The standard InChI is InChI=1S/C32H30O2Si2/c1-35(29-17-9-4-10-18-29,30-19-11-5-12-20-30)34-36(2,31-21-13-6-14-22-31)32-25-23-28(24-26-32)33-27-15-7-3-8-16-27/h3-26H,1-2H3. The molecule has 4 heteroatoms. The first kappa shape index (κ1) is 24.0. The van der Waals surface area contributed by atoms with Gasteiger partial charge in [0.2, 0.25) is 16.6 Å². The van der Waals surface area contributed by atoms with Crippen LogP contribution in [0.2, 0.25) is 13.1 Å². The number of rotatable bonds is 8. The summed E-state index contributed by atoms with van der Waals surface area (Å²) in [6.45, 7) is 4.66. The lowest BCUT2D eigenvalue weighted by molar-refractivity contribution is 0.483. The fraction of sp³-hybridized carbons (Fsp3) is 0.0625. The molecule has 0 aliphatic rings. The Morgan fingerprint density at radius 3 is 1.06 bits per heavy atom. The van der Waals surface area contributed by atoms with Gasteiger partial charge in [0.1, 0.15) is 11.5 Å². The summed E-state index contributed by atoms with van der Waals surface area (Å²) < 4.78 is 13.6. The number of hydrogen-bond acceptors (Lipinski definition) is 2. The summed E-state index contributed by atoms with van der Waals surface area (Å²) >= 11 is 0. The average Bonchev–Trinajstić information content (AvgIpc) is 2.95. The van der Waals surface area contributed by atoms with Crippen LogP contribution in [0.4, 0.5) is 0 Å². The molecular formula is C32H30O2Si2. The van der Waals surface area contributed by atoms with Gasteiger partial charge in [-0.2, -0.15) is 0 Å². The van der Waals surface area contributed by atoms with Crippen molar-refractivity contribution in [2.45, 2.75) is 13.1 Å². The summed E-state index contributed by atoms with van der Waals surface area (Å²) in [4.78, 5) is 0. The molecule has 5 aromatic carbocycles. The zero-order valence-electron chi connectivity index (χ0n) is 20.7. The highest BCUT2D eigenvalue weighted by atomic mass is 28.4. The van der Waals surface area contributed by atoms with E-state index in [1.54, 1.807) is 0 Å². The van der Waals surface area contributed by atoms with Crippen molar-refractivity contribution in [3.8, 4) is 11.5 Å². The topological polar surface area (TPSA) is 18.5 Å². The van der Waals surface area contributed by atoms with E-state index in [1.807, 2.05) is 30.3 Å². The second kappa shape index (κ2) is 10.5. The maximum absolute atomic E-state index is 7.56. The molecule has 2 nitrogen and oxygen atoms in total. The fourth-order valence-corrected chi connectivity index (χ4v) is 13.8. The Labute approximate surface area is 216 Å². The Hall–Kier alpha value is -3.71. The number of para-hydroxylation sites is 1. The van der Waals surface area contributed by atoms with Crippen molar-refractivity contribution in [3.63, 3.8) is 0 Å². The molecule has 5 rings (SSSR count). The Morgan fingerprint density at radius 1 is 0.361 bits per heavy atom. The molecule has 0 amide bonds. The molecule has 1 unspecified atom stereocenters. The Balaban J connectivity index is 1.58. The van der Waals surface area contributed by atoms with Gasteiger partial charge >= 0.3 is 0 Å². The van der Waals surface area contributed by atoms with Crippen LogP contribution < -0.4 is 25.5 Å². The second-order valence-corrected chi connectivity index (χ2v) is 16.5. The molecule has 0 fully saturated rings. The molecule has 0 saturated heterocycles. The highest BCUT2D eigenvalue weighted by Crippen LogP contribution is 2.22. The monoisotopic (exact) mass is 502 g/mol. The van der Waals surface area contributed by atoms with E-state index in [0.29, 0.717) is 0 Å². The second-order valence-electron chi connectivity index (χ2n) is 9.21. The lowest BCUT2D eigenvalue weighted by Crippen LogP contribution is -2.70. The average molecular weight is 503 g/mol. The first-order chi connectivity index (χ1) is 17.6. The highest BCUT2D eigenvalue weighted by Gasteiger charge is 2.44. The lowest BCUT2D eigenvalue weighted by Gasteiger charge is -2.39. The van der Waals surface area contributed by atoms with Crippen LogP contribution in [0.1, 0.15) is 0 Å². The third-order valence-corrected chi connectivity index (χ3v) is 15.8. The molecule has 1 atom stereocenters. The number of hydrogen-bond donors (Lipinski definition) is 0. The van der Waals surface area contributed by atoms with Gasteiger partial charge in [-0.3, -0.25) is 0 Å². The molecular weight excluding hydrogens is 473 g/mol. The first-order valence-electron chi connectivity index (χ1n) is 12.3. The quantitative estimate of drug-likeness (QED) is 0.258. The molecule has 5 aromatic rings. The van der Waals surface area contributed by atoms with Gasteiger partial charge in [-0.1, -0.05) is 121 Å². The summed E-state index contributed by atoms with van der Waals surface area (Å²) in [5.41, 5.74) is 0. The van der Waals surface area contributed by atoms with Gasteiger partial charge in [0, 0.05) is 0 Å². The third kappa shape index (κ3) is 4.97. The minimum absolute atomic E-state index is 0.820. The van der Waals surface area contributed by atoms with E-state index in [9.17, 15) is 0 Å². The summed E-state index contributed by atoms with van der Waals surface area (Å²) in [5.74, 6) is 1.65. The molecule has 0 spiro atoms. The van der Waals surface area contributed by atoms with Crippen LogP contribution in [0.3, 0.4) is 0 Å². The van der Waals surface area contributed by atoms with E-state index < -0.39 is 16.6 Å². The number of ether oxygens (including phenoxy) is 1. The van der Waals surface area contributed by atoms with Crippen LogP contribution in [-0.2, 0) is 4.12 Å². The maximum Gasteiger partial charge on any atom is 0.242 e. The maximum atomic E-state index is 7.56. The Kier molecular flexibility index (Phi) is 7.00. The molecule has 36 heavy (non-hydrogen) atoms. The van der Waals surface area contributed by atoms with Gasteiger partial charge in [0.05, 0.1) is 0 Å². The largest absolute Gasteiger partial charge is 0.457 e. The van der Waals surface area contributed by atoms with Crippen molar-refractivity contribution in [1.29, 1.82) is 0 Å². The van der Waals surface area contributed by atoms with Crippen molar-refractivity contribution < 1.29 is 8.85 Å². The van der Waals surface area contributed by atoms with Gasteiger partial charge in [-0.05, 0) is 58.1 Å². The zero-order valence-corrected chi connectivity index (χ0v) is 22.7. The smallest absolute Gasteiger partial charge is 0.242 e. The van der Waals surface area contributed by atoms with Gasteiger partial charge in [0.15, 0.2) is 0 Å². The summed E-state index contributed by atoms with van der Waals surface area (Å²) in [5, 5.41) is 5.02. The van der Waals surface area contributed by atoms with Crippen LogP contribution in [-0.4, -0.2) is 16.6 Å². The van der Waals surface area contributed by atoms with Crippen molar-refractivity contribution in [3.05, 3.63) is 146 Å². The van der Waals surface area contributed by atoms with Gasteiger partial charge in [0.25, 0.3) is 0 Å². The van der Waals surface area contributed by atoms with E-state index in [-0.39, 0.29) is 0 Å². The van der Waals surface area contributed by atoms with Crippen LogP contribution >= 0.6 is 0 Å². The Bertz CT molecular complexity index is 1340. The first-order valence-corrected chi connectivity index (χ1v) is 17.1. The lowest BCUT2D eigenvalue weighted by atomic mass is 10.3. The Morgan fingerprint density at radius 2 is 0.667 bits per heavy atom. The summed E-state index contributed by atoms with van der Waals surface area (Å²) in [7, 11) is -5.16. The molecule has 0 aliphatic heterocycles. The molecule has 0 N–H and O–H groups in total. The van der Waals surface area contributed by atoms with Crippen LogP contribution in [0, 0.1) is 0 Å². The van der Waals surface area contributed by atoms with Crippen molar-refractivity contribution in [2.75, 3.05) is 0 Å². The van der Waals surface area contributed by atoms with Gasteiger partial charge in [-0.15, -0.1) is 0 Å². The predicted molar refractivity (Wildman–Crippen MR) is 155 cm³/mol. The summed E-state index contributed by atoms with van der Waals surface area (Å²) in [6, 6.07) is 50.6. The van der Waals surface area contributed by atoms with Crippen molar-refractivity contribution in [2.24, 2.45) is 0 Å². The highest BCUT2D eigenvalue weighted by molar-refractivity contribution is 7.08. The van der Waals surface area contributed by atoms with E-state index in [2.05, 4.69) is 128 Å². The molecule has 0 heterocycles. The van der Waals surface area contributed by atoms with E-state index in [4.69, 9.17) is 8.85 Å². The normalized spacial score (nSPS) is 13.1. The van der Waals surface area contributed by atoms with Gasteiger partial charge in [-0.25, -0.2) is 0 Å². The van der Waals surface area contributed by atoms with Crippen LogP contribution in [0.5, 0.6) is 11.5 Å². The predicted octanol–water partition coefficient (Wildman–Crippen LogP) is 5.57. The molecule has 0 aliphatic carbocycles. The van der Waals surface area contributed by atoms with E-state index in [0.717, 1.165) is 11.5 Å². The van der Waals surface area contributed by atoms with Crippen molar-refractivity contribution in [1.82, 2.24) is 0 Å². The molecule has 0 saturated carbocycles. The molecule has 178 valence electrons. The summed E-state index contributed by atoms with van der Waals surface area (Å²) in [6.07, 6.45) is 0.